The van der Waals surface area contributed by atoms with Gasteiger partial charge in [-0.05, 0) is 64.7 Å². The van der Waals surface area contributed by atoms with Crippen LogP contribution in [0.25, 0.3) is 6.08 Å². The quantitative estimate of drug-likeness (QED) is 0.0570. The Bertz CT molecular complexity index is 2050. The van der Waals surface area contributed by atoms with Crippen LogP contribution in [0.1, 0.15) is 27.9 Å². The van der Waals surface area contributed by atoms with Gasteiger partial charge >= 0.3 is 5.97 Å². The highest BCUT2D eigenvalue weighted by molar-refractivity contribution is 8.03. The monoisotopic (exact) mass is 716 g/mol. The van der Waals surface area contributed by atoms with Crippen LogP contribution in [0.4, 0.5) is 0 Å². The molecule has 0 spiro atoms. The Balaban J connectivity index is 1.04. The lowest BCUT2D eigenvalue weighted by molar-refractivity contribution is -0.146. The number of amides is 1. The van der Waals surface area contributed by atoms with Crippen molar-refractivity contribution in [3.63, 3.8) is 0 Å². The fraction of sp³-hybridized carbons (Fsp3) is 0.200. The highest BCUT2D eigenvalue weighted by atomic mass is 32.2. The third kappa shape index (κ3) is 6.78. The van der Waals surface area contributed by atoms with Crippen molar-refractivity contribution in [2.24, 2.45) is 0 Å². The van der Waals surface area contributed by atoms with Crippen molar-refractivity contribution < 1.29 is 33.3 Å². The van der Waals surface area contributed by atoms with Crippen molar-refractivity contribution in [3.8, 4) is 17.2 Å². The molecule has 1 amide bonds. The van der Waals surface area contributed by atoms with Crippen LogP contribution in [0.5, 0.6) is 17.2 Å². The normalized spacial score (nSPS) is 15.9. The molecule has 2 aliphatic rings. The molecule has 0 saturated carbocycles. The van der Waals surface area contributed by atoms with Crippen LogP contribution in [0, 0.1) is 0 Å². The molecule has 1 atom stereocenters. The van der Waals surface area contributed by atoms with E-state index in [2.05, 4.69) is 22.4 Å². The van der Waals surface area contributed by atoms with Gasteiger partial charge in [-0.15, -0.1) is 16.9 Å². The molecule has 1 fully saturated rings. The Morgan fingerprint density at radius 2 is 1.38 bits per heavy atom. The summed E-state index contributed by atoms with van der Waals surface area (Å²) in [5.74, 6) is 1.37. The maximum atomic E-state index is 13.2. The van der Waals surface area contributed by atoms with Crippen LogP contribution < -0.4 is 14.2 Å². The van der Waals surface area contributed by atoms with Gasteiger partial charge in [0.1, 0.15) is 46.2 Å². The minimum absolute atomic E-state index is 0.0830. The smallest absolute Gasteiger partial charge is 0.355 e. The molecular formula is C40H36N4O7S. The highest BCUT2D eigenvalue weighted by Gasteiger charge is 2.50. The van der Waals surface area contributed by atoms with Gasteiger partial charge in [-0.3, -0.25) is 9.69 Å². The Morgan fingerprint density at radius 1 is 0.808 bits per heavy atom. The van der Waals surface area contributed by atoms with Crippen LogP contribution >= 0.6 is 11.8 Å². The first-order valence-electron chi connectivity index (χ1n) is 16.5. The second-order valence-corrected chi connectivity index (χ2v) is 12.9. The van der Waals surface area contributed by atoms with Gasteiger partial charge in [-0.25, -0.2) is 9.48 Å². The van der Waals surface area contributed by atoms with Gasteiger partial charge in [-0.1, -0.05) is 71.9 Å². The number of benzene rings is 4. The Hall–Kier alpha value is -5.85. The highest BCUT2D eigenvalue weighted by Crippen LogP contribution is 2.45. The lowest BCUT2D eigenvalue weighted by Gasteiger charge is -2.37. The van der Waals surface area contributed by atoms with Crippen LogP contribution in [0.2, 0.25) is 0 Å². The lowest BCUT2D eigenvalue weighted by atomic mass is 9.80. The molecule has 5 aromatic rings. The van der Waals surface area contributed by atoms with Gasteiger partial charge in [0.25, 0.3) is 5.91 Å². The number of fused-ring (bicyclic) bond motifs is 1. The van der Waals surface area contributed by atoms with E-state index in [0.29, 0.717) is 23.6 Å². The van der Waals surface area contributed by atoms with Crippen LogP contribution in [-0.2, 0) is 37.8 Å². The second kappa shape index (κ2) is 15.2. The predicted molar refractivity (Wildman–Crippen MR) is 195 cm³/mol. The number of aromatic nitrogens is 3. The fourth-order valence-corrected chi connectivity index (χ4v) is 7.33. The number of β-lactam (4-membered cyclic amide) rings is 1. The minimum atomic E-state index is -0.965. The van der Waals surface area contributed by atoms with Gasteiger partial charge in [0.2, 0.25) is 0 Å². The zero-order valence-electron chi connectivity index (χ0n) is 28.8. The maximum Gasteiger partial charge on any atom is 0.355 e. The number of methoxy groups -OCH3 is 3. The lowest BCUT2D eigenvalue weighted by Crippen LogP contribution is -2.51. The van der Waals surface area contributed by atoms with E-state index in [9.17, 15) is 9.59 Å². The Morgan fingerprint density at radius 3 is 1.98 bits per heavy atom. The third-order valence-corrected chi connectivity index (χ3v) is 10.0. The largest absolute Gasteiger partial charge is 0.497 e. The number of hydrogen-bond donors (Lipinski definition) is 0. The molecule has 7 rings (SSSR count). The summed E-state index contributed by atoms with van der Waals surface area (Å²) in [7, 11) is 4.87. The first kappa shape index (κ1) is 34.6. The topological polar surface area (TPSA) is 114 Å². The van der Waals surface area contributed by atoms with Gasteiger partial charge in [0.05, 0.1) is 46.3 Å². The van der Waals surface area contributed by atoms with E-state index in [1.165, 1.54) is 16.7 Å². The molecule has 0 N–H and O–H groups in total. The zero-order chi connectivity index (χ0) is 36.1. The second-order valence-electron chi connectivity index (χ2n) is 11.9. The Kier molecular flexibility index (Phi) is 10.1. The SMILES string of the molecule is COc1ccc(COC(=O)C2=CS[C@@H]3C(=Cc4cn(CCOC(c5ccccc5)(c5ccc(OC)cc5)c5ccc(OC)cc5)nn4)C(=O)N23)cc1. The summed E-state index contributed by atoms with van der Waals surface area (Å²) >= 11 is 1.37. The molecule has 12 heteroatoms. The van der Waals surface area contributed by atoms with Gasteiger partial charge < -0.3 is 23.7 Å². The maximum absolute atomic E-state index is 13.2. The van der Waals surface area contributed by atoms with E-state index in [0.717, 1.165) is 33.8 Å². The van der Waals surface area contributed by atoms with E-state index in [1.807, 2.05) is 78.9 Å². The molecule has 1 saturated heterocycles. The van der Waals surface area contributed by atoms with Crippen molar-refractivity contribution >= 4 is 29.7 Å². The predicted octanol–water partition coefficient (Wildman–Crippen LogP) is 6.20. The summed E-state index contributed by atoms with van der Waals surface area (Å²) in [5, 5.41) is 9.95. The van der Waals surface area contributed by atoms with E-state index in [4.69, 9.17) is 23.7 Å². The molecule has 52 heavy (non-hydrogen) atoms. The van der Waals surface area contributed by atoms with Gasteiger partial charge in [-0.2, -0.15) is 0 Å². The molecule has 4 aromatic carbocycles. The molecule has 3 heterocycles. The number of carbonyl (C=O) groups is 2. The molecule has 0 radical (unpaired) electrons. The van der Waals surface area contributed by atoms with Gasteiger partial charge in [0, 0.05) is 5.41 Å². The third-order valence-electron chi connectivity index (χ3n) is 8.94. The van der Waals surface area contributed by atoms with E-state index >= 15 is 0 Å². The number of ether oxygens (including phenoxy) is 5. The van der Waals surface area contributed by atoms with Crippen LogP contribution in [-0.4, -0.2) is 65.1 Å². The molecule has 0 bridgehead atoms. The summed E-state index contributed by atoms with van der Waals surface area (Å²) in [4.78, 5) is 27.5. The number of rotatable bonds is 14. The van der Waals surface area contributed by atoms with Crippen LogP contribution in [0.15, 0.2) is 126 Å². The summed E-state index contributed by atoms with van der Waals surface area (Å²) in [6.07, 6.45) is 3.48. The number of thioether (sulfide) groups is 1. The van der Waals surface area contributed by atoms with Crippen LogP contribution in [0.3, 0.4) is 0 Å². The molecule has 1 aromatic heterocycles. The summed E-state index contributed by atoms with van der Waals surface area (Å²) in [6, 6.07) is 33.0. The first-order valence-corrected chi connectivity index (χ1v) is 17.5. The molecular weight excluding hydrogens is 681 g/mol. The van der Waals surface area contributed by atoms with E-state index in [-0.39, 0.29) is 30.2 Å². The van der Waals surface area contributed by atoms with Crippen molar-refractivity contribution in [2.75, 3.05) is 27.9 Å². The minimum Gasteiger partial charge on any atom is -0.497 e. The van der Waals surface area contributed by atoms with Crippen molar-refractivity contribution in [1.29, 1.82) is 0 Å². The zero-order valence-corrected chi connectivity index (χ0v) is 29.6. The van der Waals surface area contributed by atoms with E-state index < -0.39 is 11.6 Å². The number of hydrogen-bond acceptors (Lipinski definition) is 10. The van der Waals surface area contributed by atoms with E-state index in [1.54, 1.807) is 55.8 Å². The number of nitrogens with zero attached hydrogens (tertiary/aromatic N) is 4. The molecule has 2 aliphatic heterocycles. The molecule has 0 unspecified atom stereocenters. The van der Waals surface area contributed by atoms with Crippen molar-refractivity contribution in [3.05, 3.63) is 154 Å². The molecule has 0 aliphatic carbocycles. The summed E-state index contributed by atoms with van der Waals surface area (Å²) in [6.45, 7) is 0.754. The van der Waals surface area contributed by atoms with Crippen molar-refractivity contribution in [1.82, 2.24) is 19.9 Å². The summed E-state index contributed by atoms with van der Waals surface area (Å²) < 4.78 is 30.2. The fourth-order valence-electron chi connectivity index (χ4n) is 6.22. The Labute approximate surface area is 305 Å². The van der Waals surface area contributed by atoms with Gasteiger partial charge in [0.15, 0.2) is 0 Å². The number of esters is 1. The van der Waals surface area contributed by atoms with Crippen molar-refractivity contribution in [2.45, 2.75) is 24.1 Å². The number of carbonyl (C=O) groups excluding carboxylic acids is 2. The molecule has 11 nitrogen and oxygen atoms in total. The first-order chi connectivity index (χ1) is 25.4. The average molecular weight is 717 g/mol. The average Bonchev–Trinajstić information content (AvgIpc) is 3.83. The standard InChI is InChI=1S/C40H36N4O7S/c1-47-32-15-9-27(10-16-32)25-50-39(46)36-26-52-38-35(37(45)44(36)38)23-31-24-43(42-41-31)21-22-51-40(28-7-5-4-6-8-28,29-11-17-33(48-2)18-12-29)30-13-19-34(49-3)20-14-30/h4-20,23-24,26,38H,21-22,25H2,1-3H3/t38-/m1/s1. The summed E-state index contributed by atoms with van der Waals surface area (Å²) in [5.41, 5.74) is 3.93. The molecule has 264 valence electrons.